The lowest BCUT2D eigenvalue weighted by Crippen LogP contribution is -2.39. The summed E-state index contributed by atoms with van der Waals surface area (Å²) in [7, 11) is -1.37. The van der Waals surface area contributed by atoms with Crippen molar-refractivity contribution in [3.05, 3.63) is 17.5 Å². The van der Waals surface area contributed by atoms with Gasteiger partial charge in [-0.15, -0.1) is 0 Å². The van der Waals surface area contributed by atoms with Gasteiger partial charge >= 0.3 is 0 Å². The van der Waals surface area contributed by atoms with E-state index in [2.05, 4.69) is 14.9 Å². The quantitative estimate of drug-likeness (QED) is 0.808. The molecule has 8 heteroatoms. The van der Waals surface area contributed by atoms with Gasteiger partial charge in [-0.1, -0.05) is 0 Å². The lowest BCUT2D eigenvalue weighted by Gasteiger charge is -2.28. The number of rotatable bonds is 3. The van der Waals surface area contributed by atoms with Crippen LogP contribution < -0.4 is 4.90 Å². The summed E-state index contributed by atoms with van der Waals surface area (Å²) in [6.45, 7) is 3.67. The monoisotopic (exact) mass is 352 g/mol. The Morgan fingerprint density at radius 3 is 2.58 bits per heavy atom. The fourth-order valence-corrected chi connectivity index (χ4v) is 5.10. The second-order valence-corrected chi connectivity index (χ2v) is 8.94. The van der Waals surface area contributed by atoms with E-state index in [1.165, 1.54) is 11.3 Å². The Balaban J connectivity index is 1.80. The molecule has 0 aromatic carbocycles. The van der Waals surface area contributed by atoms with E-state index in [1.54, 1.807) is 13.1 Å². The predicted octanol–water partition coefficient (Wildman–Crippen LogP) is 1.03. The fourth-order valence-electron chi connectivity index (χ4n) is 3.33. The number of amides is 1. The summed E-state index contributed by atoms with van der Waals surface area (Å²) < 4.78 is 23.3. The number of sulfone groups is 1. The second kappa shape index (κ2) is 6.66. The van der Waals surface area contributed by atoms with Crippen LogP contribution in [0.5, 0.6) is 0 Å². The molecule has 0 aliphatic carbocycles. The van der Waals surface area contributed by atoms with E-state index in [0.29, 0.717) is 18.1 Å². The maximum absolute atomic E-state index is 12.8. The van der Waals surface area contributed by atoms with Gasteiger partial charge < -0.3 is 9.80 Å². The normalized spacial score (nSPS) is 23.2. The molecule has 1 atom stereocenters. The average Bonchev–Trinajstić information content (AvgIpc) is 2.93. The number of aromatic nitrogens is 2. The molecule has 0 saturated carbocycles. The highest BCUT2D eigenvalue weighted by Gasteiger charge is 2.33. The van der Waals surface area contributed by atoms with Gasteiger partial charge in [-0.05, 0) is 38.7 Å². The summed E-state index contributed by atoms with van der Waals surface area (Å²) in [6.07, 6.45) is 3.93. The smallest absolute Gasteiger partial charge is 0.272 e. The summed E-state index contributed by atoms with van der Waals surface area (Å²) in [6, 6.07) is 1.41. The molecule has 3 rings (SSSR count). The van der Waals surface area contributed by atoms with Gasteiger partial charge in [0.15, 0.2) is 9.84 Å². The first-order valence-electron chi connectivity index (χ1n) is 8.44. The largest absolute Gasteiger partial charge is 0.341 e. The van der Waals surface area contributed by atoms with Crippen LogP contribution in [0.25, 0.3) is 0 Å². The number of aryl methyl sites for hydroxylation is 1. The topological polar surface area (TPSA) is 83.5 Å². The molecule has 0 radical (unpaired) electrons. The van der Waals surface area contributed by atoms with Crippen LogP contribution in [0.2, 0.25) is 0 Å². The fraction of sp³-hybridized carbons (Fsp3) is 0.688. The first-order valence-corrected chi connectivity index (χ1v) is 10.3. The van der Waals surface area contributed by atoms with Crippen molar-refractivity contribution in [2.24, 2.45) is 0 Å². The van der Waals surface area contributed by atoms with Crippen molar-refractivity contribution in [3.8, 4) is 0 Å². The van der Waals surface area contributed by atoms with Gasteiger partial charge in [0.25, 0.3) is 5.91 Å². The van der Waals surface area contributed by atoms with E-state index in [9.17, 15) is 13.2 Å². The van der Waals surface area contributed by atoms with Crippen LogP contribution in [0.1, 0.15) is 41.9 Å². The Kier molecular flexibility index (Phi) is 4.76. The van der Waals surface area contributed by atoms with Crippen LogP contribution in [0, 0.1) is 6.92 Å². The number of nitrogens with zero attached hydrogens (tertiary/aromatic N) is 4. The van der Waals surface area contributed by atoms with E-state index in [-0.39, 0.29) is 23.5 Å². The minimum Gasteiger partial charge on any atom is -0.341 e. The Labute approximate surface area is 143 Å². The van der Waals surface area contributed by atoms with Crippen molar-refractivity contribution in [2.75, 3.05) is 36.5 Å². The highest BCUT2D eigenvalue weighted by Crippen LogP contribution is 2.20. The Bertz CT molecular complexity index is 729. The lowest BCUT2D eigenvalue weighted by molar-refractivity contribution is 0.0741. The molecular weight excluding hydrogens is 328 g/mol. The highest BCUT2D eigenvalue weighted by atomic mass is 32.2. The Morgan fingerprint density at radius 1 is 1.25 bits per heavy atom. The van der Waals surface area contributed by atoms with Gasteiger partial charge in [-0.3, -0.25) is 4.79 Å². The summed E-state index contributed by atoms with van der Waals surface area (Å²) in [5.41, 5.74) is 1.09. The van der Waals surface area contributed by atoms with Crippen molar-refractivity contribution < 1.29 is 13.2 Å². The zero-order chi connectivity index (χ0) is 17.3. The summed E-state index contributed by atoms with van der Waals surface area (Å²) in [5, 5.41) is 0. The van der Waals surface area contributed by atoms with Crippen LogP contribution in [-0.4, -0.2) is 66.9 Å². The molecule has 2 aliphatic rings. The van der Waals surface area contributed by atoms with Crippen LogP contribution in [0.4, 0.5) is 5.95 Å². The van der Waals surface area contributed by atoms with Gasteiger partial charge in [-0.2, -0.15) is 0 Å². The van der Waals surface area contributed by atoms with Gasteiger partial charge in [0, 0.05) is 31.9 Å². The van der Waals surface area contributed by atoms with Crippen molar-refractivity contribution in [1.29, 1.82) is 0 Å². The van der Waals surface area contributed by atoms with Crippen molar-refractivity contribution in [1.82, 2.24) is 14.9 Å². The minimum atomic E-state index is -3.02. The molecule has 1 aromatic rings. The molecule has 2 fully saturated rings. The van der Waals surface area contributed by atoms with Gasteiger partial charge in [0.05, 0.1) is 11.5 Å². The van der Waals surface area contributed by atoms with Gasteiger partial charge in [0.1, 0.15) is 5.69 Å². The molecule has 7 nitrogen and oxygen atoms in total. The maximum Gasteiger partial charge on any atom is 0.272 e. The van der Waals surface area contributed by atoms with Crippen molar-refractivity contribution in [2.45, 2.75) is 38.6 Å². The Hall–Kier alpha value is -1.70. The van der Waals surface area contributed by atoms with Crippen LogP contribution in [0.3, 0.4) is 0 Å². The molecule has 3 heterocycles. The first kappa shape index (κ1) is 17.1. The summed E-state index contributed by atoms with van der Waals surface area (Å²) >= 11 is 0. The standard InChI is InChI=1S/C16H24N4O3S/c1-12-10-14(18-16(17-12)20-7-4-3-5-8-20)15(21)19(2)13-6-9-24(22,23)11-13/h10,13H,3-9,11H2,1-2H3. The lowest BCUT2D eigenvalue weighted by atomic mass is 10.1. The Morgan fingerprint density at radius 2 is 1.96 bits per heavy atom. The predicted molar refractivity (Wildman–Crippen MR) is 92.0 cm³/mol. The molecule has 0 spiro atoms. The molecule has 24 heavy (non-hydrogen) atoms. The second-order valence-electron chi connectivity index (χ2n) is 6.72. The average molecular weight is 352 g/mol. The third kappa shape index (κ3) is 3.68. The van der Waals surface area contributed by atoms with E-state index in [1.807, 2.05) is 6.92 Å². The molecule has 2 aliphatic heterocycles. The molecular formula is C16H24N4O3S. The zero-order valence-corrected chi connectivity index (χ0v) is 15.0. The van der Waals surface area contributed by atoms with E-state index in [4.69, 9.17) is 0 Å². The number of carbonyl (C=O) groups excluding carboxylic acids is 1. The van der Waals surface area contributed by atoms with Crippen LogP contribution >= 0.6 is 0 Å². The third-order valence-electron chi connectivity index (χ3n) is 4.78. The number of hydrogen-bond acceptors (Lipinski definition) is 6. The van der Waals surface area contributed by atoms with Crippen molar-refractivity contribution in [3.63, 3.8) is 0 Å². The highest BCUT2D eigenvalue weighted by molar-refractivity contribution is 7.91. The SMILES string of the molecule is Cc1cc(C(=O)N(C)C2CCS(=O)(=O)C2)nc(N2CCCCC2)n1. The van der Waals surface area contributed by atoms with E-state index >= 15 is 0 Å². The van der Waals surface area contributed by atoms with Crippen molar-refractivity contribution >= 4 is 21.7 Å². The third-order valence-corrected chi connectivity index (χ3v) is 6.53. The minimum absolute atomic E-state index is 0.0400. The van der Waals surface area contributed by atoms with Crippen LogP contribution in [0.15, 0.2) is 6.07 Å². The van der Waals surface area contributed by atoms with Gasteiger partial charge in [0.2, 0.25) is 5.95 Å². The summed E-state index contributed by atoms with van der Waals surface area (Å²) in [5.74, 6) is 0.557. The van der Waals surface area contributed by atoms with E-state index < -0.39 is 9.84 Å². The van der Waals surface area contributed by atoms with Gasteiger partial charge in [-0.25, -0.2) is 18.4 Å². The first-order chi connectivity index (χ1) is 11.4. The molecule has 2 saturated heterocycles. The molecule has 132 valence electrons. The molecule has 0 N–H and O–H groups in total. The van der Waals surface area contributed by atoms with Crippen LogP contribution in [-0.2, 0) is 9.84 Å². The number of carbonyl (C=O) groups is 1. The van der Waals surface area contributed by atoms with E-state index in [0.717, 1.165) is 31.6 Å². The zero-order valence-electron chi connectivity index (χ0n) is 14.2. The number of hydrogen-bond donors (Lipinski definition) is 0. The maximum atomic E-state index is 12.8. The summed E-state index contributed by atoms with van der Waals surface area (Å²) in [4.78, 5) is 25.3. The molecule has 1 amide bonds. The molecule has 1 unspecified atom stereocenters. The molecule has 1 aromatic heterocycles. The molecule has 0 bridgehead atoms. The number of anilines is 1. The number of piperidine rings is 1.